The number of H-pyrrole nitrogens is 1. The Hall–Kier alpha value is -2.64. The number of aromatic hydroxyl groups is 1. The monoisotopic (exact) mass is 481 g/mol. The van der Waals surface area contributed by atoms with Gasteiger partial charge in [-0.3, -0.25) is 9.59 Å². The number of likely N-dealkylation sites (N-methyl/N-ethyl adjacent to an activating group) is 1. The third-order valence-electron chi connectivity index (χ3n) is 8.59. The van der Waals surface area contributed by atoms with Crippen molar-refractivity contribution < 1.29 is 15.0 Å². The predicted molar refractivity (Wildman–Crippen MR) is 137 cm³/mol. The van der Waals surface area contributed by atoms with Gasteiger partial charge in [-0.1, -0.05) is 19.9 Å². The van der Waals surface area contributed by atoms with Crippen LogP contribution < -0.4 is 5.56 Å². The molecular weight excluding hydrogens is 442 g/mol. The van der Waals surface area contributed by atoms with E-state index in [0.717, 1.165) is 41.8 Å². The number of piperidine rings is 1. The first-order valence-electron chi connectivity index (χ1n) is 12.9. The molecule has 3 N–H and O–H groups in total. The number of aliphatic hydroxyl groups is 1. The molecule has 2 saturated heterocycles. The summed E-state index contributed by atoms with van der Waals surface area (Å²) in [4.78, 5) is 32.9. The maximum absolute atomic E-state index is 13.0. The molecule has 7 heteroatoms. The van der Waals surface area contributed by atoms with Crippen molar-refractivity contribution in [1.82, 2.24) is 14.8 Å². The van der Waals surface area contributed by atoms with E-state index in [2.05, 4.69) is 9.88 Å². The van der Waals surface area contributed by atoms with E-state index in [-0.39, 0.29) is 28.8 Å². The molecule has 3 aliphatic rings. The zero-order valence-electron chi connectivity index (χ0n) is 21.6. The third-order valence-corrected chi connectivity index (χ3v) is 8.59. The molecule has 3 heterocycles. The first-order chi connectivity index (χ1) is 16.7. The fraction of sp³-hybridized carbons (Fsp3) is 0.571. The van der Waals surface area contributed by atoms with Crippen molar-refractivity contribution in [3.05, 3.63) is 62.6 Å². The van der Waals surface area contributed by atoms with Crippen molar-refractivity contribution in [3.8, 4) is 5.75 Å². The first-order valence-corrected chi connectivity index (χ1v) is 12.9. The molecular formula is C28H39N3O4. The predicted octanol–water partition coefficient (Wildman–Crippen LogP) is 3.14. The van der Waals surface area contributed by atoms with E-state index in [0.29, 0.717) is 32.4 Å². The Morgan fingerprint density at radius 2 is 1.80 bits per heavy atom. The van der Waals surface area contributed by atoms with Crippen LogP contribution in [0.3, 0.4) is 0 Å². The van der Waals surface area contributed by atoms with Crippen LogP contribution in [0.1, 0.15) is 72.8 Å². The van der Waals surface area contributed by atoms with E-state index >= 15 is 0 Å². The van der Waals surface area contributed by atoms with Gasteiger partial charge in [0.1, 0.15) is 11.3 Å². The number of hydrogen-bond acceptors (Lipinski definition) is 5. The smallest absolute Gasteiger partial charge is 0.261 e. The number of nitrogens with zero attached hydrogens (tertiary/aromatic N) is 2. The molecule has 7 nitrogen and oxygen atoms in total. The molecule has 0 spiro atoms. The number of aryl methyl sites for hydroxylation is 1. The number of fused-ring (bicyclic) bond motifs is 2. The number of pyridine rings is 1. The number of benzene rings is 1. The van der Waals surface area contributed by atoms with Gasteiger partial charge in [-0.05, 0) is 81.6 Å². The molecule has 0 bridgehead atoms. The Morgan fingerprint density at radius 1 is 1.11 bits per heavy atom. The molecule has 1 aliphatic carbocycles. The Kier molecular flexibility index (Phi) is 6.86. The highest BCUT2D eigenvalue weighted by Gasteiger charge is 2.60. The molecule has 2 fully saturated rings. The summed E-state index contributed by atoms with van der Waals surface area (Å²) in [5.74, 6) is -0.0530. The van der Waals surface area contributed by atoms with Gasteiger partial charge in [-0.2, -0.15) is 0 Å². The molecule has 1 aromatic heterocycles. The van der Waals surface area contributed by atoms with E-state index < -0.39 is 11.0 Å². The van der Waals surface area contributed by atoms with Gasteiger partial charge in [0.15, 0.2) is 0 Å². The lowest BCUT2D eigenvalue weighted by Crippen LogP contribution is -2.70. The molecule has 1 aromatic carbocycles. The van der Waals surface area contributed by atoms with Crippen molar-refractivity contribution in [1.29, 1.82) is 0 Å². The van der Waals surface area contributed by atoms with Gasteiger partial charge in [0.25, 0.3) is 11.5 Å². The second-order valence-corrected chi connectivity index (χ2v) is 10.3. The Balaban J connectivity index is 0.00000141. The summed E-state index contributed by atoms with van der Waals surface area (Å²) in [6.45, 7) is 10.2. The Morgan fingerprint density at radius 3 is 2.49 bits per heavy atom. The minimum absolute atomic E-state index is 0.147. The summed E-state index contributed by atoms with van der Waals surface area (Å²) >= 11 is 0. The standard InChI is InChI=1S/C26H33N3O4.C2H6/c1-16-6-7-19(30)13-21(16)25-8-11-28(3)17(2)26(25,33)14-18-12-20(23(31)27-22(18)15-25)24(32)29-9-4-5-10-29;1-2/h6-7,12-13,17,30,33H,4-5,8-11,14-15H2,1-3H3,(H,27,31);1-2H3. The van der Waals surface area contributed by atoms with Gasteiger partial charge in [-0.15, -0.1) is 0 Å². The summed E-state index contributed by atoms with van der Waals surface area (Å²) < 4.78 is 0. The average Bonchev–Trinajstić information content (AvgIpc) is 3.39. The van der Waals surface area contributed by atoms with Crippen LogP contribution in [0.4, 0.5) is 0 Å². The highest BCUT2D eigenvalue weighted by molar-refractivity contribution is 5.94. The summed E-state index contributed by atoms with van der Waals surface area (Å²) in [5.41, 5.74) is 1.56. The number of carbonyl (C=O) groups excluding carboxylic acids is 1. The van der Waals surface area contributed by atoms with E-state index in [1.165, 1.54) is 0 Å². The maximum atomic E-state index is 13.0. The van der Waals surface area contributed by atoms with Crippen LogP contribution in [0.2, 0.25) is 0 Å². The molecule has 0 saturated carbocycles. The van der Waals surface area contributed by atoms with Crippen LogP contribution >= 0.6 is 0 Å². The second-order valence-electron chi connectivity index (χ2n) is 10.3. The lowest BCUT2D eigenvalue weighted by atomic mass is 9.53. The largest absolute Gasteiger partial charge is 0.508 e. The minimum Gasteiger partial charge on any atom is -0.508 e. The first kappa shape index (κ1) is 25.5. The number of likely N-dealkylation sites (tertiary alicyclic amines) is 2. The normalized spacial score (nSPS) is 28.1. The van der Waals surface area contributed by atoms with Crippen molar-refractivity contribution >= 4 is 5.91 Å². The summed E-state index contributed by atoms with van der Waals surface area (Å²) in [7, 11) is 2.02. The fourth-order valence-electron chi connectivity index (χ4n) is 6.46. The van der Waals surface area contributed by atoms with Gasteiger partial charge < -0.3 is 25.0 Å². The number of amides is 1. The molecule has 2 aromatic rings. The van der Waals surface area contributed by atoms with Crippen molar-refractivity contribution in [2.24, 2.45) is 0 Å². The van der Waals surface area contributed by atoms with Crippen molar-refractivity contribution in [3.63, 3.8) is 0 Å². The lowest BCUT2D eigenvalue weighted by molar-refractivity contribution is -0.132. The lowest BCUT2D eigenvalue weighted by Gasteiger charge is -2.59. The van der Waals surface area contributed by atoms with Gasteiger partial charge in [0.05, 0.1) is 5.60 Å². The van der Waals surface area contributed by atoms with Gasteiger partial charge in [0.2, 0.25) is 0 Å². The molecule has 5 rings (SSSR count). The van der Waals surface area contributed by atoms with E-state index in [9.17, 15) is 19.8 Å². The van der Waals surface area contributed by atoms with Crippen LogP contribution in [-0.2, 0) is 18.3 Å². The molecule has 0 radical (unpaired) electrons. The van der Waals surface area contributed by atoms with Crippen LogP contribution in [0, 0.1) is 6.92 Å². The van der Waals surface area contributed by atoms with E-state index in [4.69, 9.17) is 0 Å². The number of nitrogens with one attached hydrogen (secondary N) is 1. The van der Waals surface area contributed by atoms with Gasteiger partial charge in [0, 0.05) is 43.1 Å². The zero-order valence-corrected chi connectivity index (χ0v) is 21.6. The molecule has 190 valence electrons. The van der Waals surface area contributed by atoms with Crippen LogP contribution in [0.5, 0.6) is 5.75 Å². The van der Waals surface area contributed by atoms with Crippen molar-refractivity contribution in [2.75, 3.05) is 26.7 Å². The Labute approximate surface area is 207 Å². The maximum Gasteiger partial charge on any atom is 0.261 e. The number of carbonyl (C=O) groups is 1. The van der Waals surface area contributed by atoms with Gasteiger partial charge in [-0.25, -0.2) is 0 Å². The number of aromatic amines is 1. The topological polar surface area (TPSA) is 96.9 Å². The minimum atomic E-state index is -1.13. The van der Waals surface area contributed by atoms with Crippen LogP contribution in [-0.4, -0.2) is 69.2 Å². The second kappa shape index (κ2) is 9.43. The molecule has 2 aliphatic heterocycles. The number of phenols is 1. The number of rotatable bonds is 2. The Bertz CT molecular complexity index is 1170. The molecule has 35 heavy (non-hydrogen) atoms. The fourth-order valence-corrected chi connectivity index (χ4v) is 6.46. The van der Waals surface area contributed by atoms with Crippen LogP contribution in [0.15, 0.2) is 29.1 Å². The highest BCUT2D eigenvalue weighted by atomic mass is 16.3. The summed E-state index contributed by atoms with van der Waals surface area (Å²) in [6, 6.07) is 6.90. The van der Waals surface area contributed by atoms with E-state index in [1.807, 2.05) is 40.8 Å². The van der Waals surface area contributed by atoms with E-state index in [1.54, 1.807) is 23.1 Å². The molecule has 1 amide bonds. The van der Waals surface area contributed by atoms with Crippen LogP contribution in [0.25, 0.3) is 0 Å². The average molecular weight is 482 g/mol. The summed E-state index contributed by atoms with van der Waals surface area (Å²) in [6.07, 6.45) is 3.41. The van der Waals surface area contributed by atoms with Crippen molar-refractivity contribution in [2.45, 2.75) is 76.9 Å². The number of hydrogen-bond donors (Lipinski definition) is 3. The SMILES string of the molecule is CC.Cc1ccc(O)cc1C12CCN(C)C(C)C1(O)Cc1cc(C(=O)N3CCCC3)c(=O)[nH]c1C2. The highest BCUT2D eigenvalue weighted by Crippen LogP contribution is 2.53. The third kappa shape index (κ3) is 3.99. The number of aromatic nitrogens is 1. The number of phenolic OH excluding ortho intramolecular Hbond substituents is 1. The quantitative estimate of drug-likeness (QED) is 0.612. The molecule has 3 unspecified atom stereocenters. The molecule has 3 atom stereocenters. The summed E-state index contributed by atoms with van der Waals surface area (Å²) in [5, 5.41) is 22.7. The van der Waals surface area contributed by atoms with Gasteiger partial charge >= 0.3 is 0 Å². The zero-order chi connectivity index (χ0) is 25.5.